The number of ether oxygens (including phenoxy) is 2. The van der Waals surface area contributed by atoms with E-state index in [0.717, 1.165) is 17.3 Å². The molecule has 1 saturated heterocycles. The molecule has 0 aromatic heterocycles. The summed E-state index contributed by atoms with van der Waals surface area (Å²) < 4.78 is 10.1. The van der Waals surface area contributed by atoms with Gasteiger partial charge in [0.15, 0.2) is 6.61 Å². The van der Waals surface area contributed by atoms with Crippen LogP contribution in [0.15, 0.2) is 29.2 Å². The number of carbonyl (C=O) groups is 3. The van der Waals surface area contributed by atoms with Crippen molar-refractivity contribution in [2.45, 2.75) is 26.8 Å². The third kappa shape index (κ3) is 4.38. The highest BCUT2D eigenvalue weighted by molar-refractivity contribution is 8.18. The predicted molar refractivity (Wildman–Crippen MR) is 91.5 cm³/mol. The zero-order valence-electron chi connectivity index (χ0n) is 13.8. The number of benzene rings is 1. The summed E-state index contributed by atoms with van der Waals surface area (Å²) in [6.07, 6.45) is 1.67. The van der Waals surface area contributed by atoms with E-state index in [4.69, 9.17) is 9.47 Å². The molecule has 1 aromatic carbocycles. The number of imide groups is 1. The Balaban J connectivity index is 2.02. The van der Waals surface area contributed by atoms with Crippen molar-refractivity contribution in [1.82, 2.24) is 4.90 Å². The molecule has 0 saturated carbocycles. The van der Waals surface area contributed by atoms with Gasteiger partial charge in [-0.15, -0.1) is 0 Å². The topological polar surface area (TPSA) is 72.9 Å². The van der Waals surface area contributed by atoms with Crippen molar-refractivity contribution in [1.29, 1.82) is 0 Å². The van der Waals surface area contributed by atoms with E-state index in [1.807, 2.05) is 0 Å². The summed E-state index contributed by atoms with van der Waals surface area (Å²) in [6.45, 7) is 5.49. The Bertz CT molecular complexity index is 666. The molecule has 7 heteroatoms. The van der Waals surface area contributed by atoms with Crippen LogP contribution in [0.4, 0.5) is 4.79 Å². The molecule has 2 amide bonds. The van der Waals surface area contributed by atoms with Crippen molar-refractivity contribution >= 4 is 35.0 Å². The Labute approximate surface area is 144 Å². The summed E-state index contributed by atoms with van der Waals surface area (Å²) in [4.78, 5) is 36.9. The molecule has 0 aliphatic carbocycles. The summed E-state index contributed by atoms with van der Waals surface area (Å²) in [5, 5.41) is -0.254. The Morgan fingerprint density at radius 2 is 1.92 bits per heavy atom. The van der Waals surface area contributed by atoms with E-state index < -0.39 is 5.97 Å². The standard InChI is InChI=1S/C17H19NO5S/c1-4-22-15(19)10-23-13-7-5-12(6-8-13)9-14-16(20)18(11(2)3)17(21)24-14/h5-9,11H,4,10H2,1-3H3/b14-9+. The van der Waals surface area contributed by atoms with Crippen molar-refractivity contribution in [2.24, 2.45) is 0 Å². The van der Waals surface area contributed by atoms with Crippen molar-refractivity contribution in [3.05, 3.63) is 34.7 Å². The largest absolute Gasteiger partial charge is 0.482 e. The second-order valence-electron chi connectivity index (χ2n) is 5.31. The molecule has 1 fully saturated rings. The van der Waals surface area contributed by atoms with Crippen LogP contribution in [-0.4, -0.2) is 41.3 Å². The van der Waals surface area contributed by atoms with Crippen LogP contribution in [0.25, 0.3) is 6.08 Å². The Kier molecular flexibility index (Phi) is 6.03. The first-order chi connectivity index (χ1) is 11.4. The van der Waals surface area contributed by atoms with E-state index in [1.165, 1.54) is 4.90 Å². The first-order valence-electron chi connectivity index (χ1n) is 7.58. The van der Waals surface area contributed by atoms with Gasteiger partial charge in [0.2, 0.25) is 0 Å². The minimum absolute atomic E-state index is 0.152. The van der Waals surface area contributed by atoms with Gasteiger partial charge >= 0.3 is 5.97 Å². The van der Waals surface area contributed by atoms with Crippen LogP contribution in [0.2, 0.25) is 0 Å². The highest BCUT2D eigenvalue weighted by Gasteiger charge is 2.36. The van der Waals surface area contributed by atoms with Gasteiger partial charge in [0.25, 0.3) is 11.1 Å². The molecule has 24 heavy (non-hydrogen) atoms. The molecule has 0 radical (unpaired) electrons. The average molecular weight is 349 g/mol. The molecule has 128 valence electrons. The van der Waals surface area contributed by atoms with Gasteiger partial charge < -0.3 is 9.47 Å². The van der Waals surface area contributed by atoms with E-state index in [9.17, 15) is 14.4 Å². The third-order valence-electron chi connectivity index (χ3n) is 3.18. The number of nitrogens with zero attached hydrogens (tertiary/aromatic N) is 1. The van der Waals surface area contributed by atoms with E-state index in [0.29, 0.717) is 17.3 Å². The van der Waals surface area contributed by atoms with Gasteiger partial charge in [0, 0.05) is 6.04 Å². The number of rotatable bonds is 6. The summed E-state index contributed by atoms with van der Waals surface area (Å²) in [5.41, 5.74) is 0.771. The van der Waals surface area contributed by atoms with E-state index in [2.05, 4.69) is 0 Å². The number of hydrogen-bond donors (Lipinski definition) is 0. The molecule has 0 atom stereocenters. The fourth-order valence-corrected chi connectivity index (χ4v) is 3.04. The SMILES string of the molecule is CCOC(=O)COc1ccc(/C=C2/SC(=O)N(C(C)C)C2=O)cc1. The normalized spacial score (nSPS) is 16.2. The Morgan fingerprint density at radius 1 is 1.25 bits per heavy atom. The second-order valence-corrected chi connectivity index (χ2v) is 6.30. The minimum Gasteiger partial charge on any atom is -0.482 e. The van der Waals surface area contributed by atoms with Crippen LogP contribution in [0.3, 0.4) is 0 Å². The molecule has 0 bridgehead atoms. The molecule has 0 N–H and O–H groups in total. The molecule has 1 aliphatic heterocycles. The van der Waals surface area contributed by atoms with Gasteiger partial charge in [-0.05, 0) is 56.3 Å². The van der Waals surface area contributed by atoms with E-state index in [-0.39, 0.29) is 23.8 Å². The predicted octanol–water partition coefficient (Wildman–Crippen LogP) is 3.07. The molecule has 1 aromatic rings. The van der Waals surface area contributed by atoms with Crippen LogP contribution >= 0.6 is 11.8 Å². The number of carbonyl (C=O) groups excluding carboxylic acids is 3. The van der Waals surface area contributed by atoms with Crippen molar-refractivity contribution in [3.63, 3.8) is 0 Å². The highest BCUT2D eigenvalue weighted by atomic mass is 32.2. The lowest BCUT2D eigenvalue weighted by Gasteiger charge is -2.16. The first-order valence-corrected chi connectivity index (χ1v) is 8.39. The zero-order valence-corrected chi connectivity index (χ0v) is 14.6. The maximum atomic E-state index is 12.2. The van der Waals surface area contributed by atoms with Gasteiger partial charge in [0.05, 0.1) is 11.5 Å². The Morgan fingerprint density at radius 3 is 2.46 bits per heavy atom. The minimum atomic E-state index is -0.427. The molecule has 0 unspecified atom stereocenters. The van der Waals surface area contributed by atoms with Crippen molar-refractivity contribution in [2.75, 3.05) is 13.2 Å². The lowest BCUT2D eigenvalue weighted by molar-refractivity contribution is -0.145. The second kappa shape index (κ2) is 8.01. The lowest BCUT2D eigenvalue weighted by Crippen LogP contribution is -2.34. The van der Waals surface area contributed by atoms with Gasteiger partial charge in [0.1, 0.15) is 5.75 Å². The molecule has 1 aliphatic rings. The van der Waals surface area contributed by atoms with Crippen LogP contribution in [0, 0.1) is 0 Å². The van der Waals surface area contributed by atoms with E-state index >= 15 is 0 Å². The van der Waals surface area contributed by atoms with Crippen LogP contribution in [0.1, 0.15) is 26.3 Å². The summed E-state index contributed by atoms with van der Waals surface area (Å²) in [6, 6.07) is 6.73. The number of hydrogen-bond acceptors (Lipinski definition) is 6. The van der Waals surface area contributed by atoms with Crippen molar-refractivity contribution < 1.29 is 23.9 Å². The fraction of sp³-hybridized carbons (Fsp3) is 0.353. The molecule has 1 heterocycles. The van der Waals surface area contributed by atoms with Gasteiger partial charge in [-0.2, -0.15) is 0 Å². The molecular formula is C17H19NO5S. The fourth-order valence-electron chi connectivity index (χ4n) is 2.08. The van der Waals surface area contributed by atoms with Crippen LogP contribution in [0.5, 0.6) is 5.75 Å². The number of amides is 2. The van der Waals surface area contributed by atoms with Crippen LogP contribution in [-0.2, 0) is 14.3 Å². The maximum absolute atomic E-state index is 12.2. The quantitative estimate of drug-likeness (QED) is 0.580. The summed E-state index contributed by atoms with van der Waals surface area (Å²) in [7, 11) is 0. The zero-order chi connectivity index (χ0) is 17.7. The molecule has 0 spiro atoms. The highest BCUT2D eigenvalue weighted by Crippen LogP contribution is 2.33. The van der Waals surface area contributed by atoms with Crippen molar-refractivity contribution in [3.8, 4) is 5.75 Å². The smallest absolute Gasteiger partial charge is 0.344 e. The van der Waals surface area contributed by atoms with Gasteiger partial charge in [-0.1, -0.05) is 12.1 Å². The summed E-state index contributed by atoms with van der Waals surface area (Å²) in [5.74, 6) is -0.179. The number of thioether (sulfide) groups is 1. The molecule has 6 nitrogen and oxygen atoms in total. The van der Waals surface area contributed by atoms with Gasteiger partial charge in [-0.3, -0.25) is 14.5 Å². The third-order valence-corrected chi connectivity index (χ3v) is 4.06. The summed E-state index contributed by atoms with van der Waals surface area (Å²) >= 11 is 0.935. The monoisotopic (exact) mass is 349 g/mol. The Hall–Kier alpha value is -2.28. The number of esters is 1. The van der Waals surface area contributed by atoms with Crippen LogP contribution < -0.4 is 4.74 Å². The first kappa shape index (κ1) is 18.1. The molecule has 2 rings (SSSR count). The molecular weight excluding hydrogens is 330 g/mol. The van der Waals surface area contributed by atoms with E-state index in [1.54, 1.807) is 51.1 Å². The average Bonchev–Trinajstić information content (AvgIpc) is 2.81. The maximum Gasteiger partial charge on any atom is 0.344 e. The lowest BCUT2D eigenvalue weighted by atomic mass is 10.2. The van der Waals surface area contributed by atoms with Gasteiger partial charge in [-0.25, -0.2) is 4.79 Å².